The fourth-order valence-electron chi connectivity index (χ4n) is 1.75. The lowest BCUT2D eigenvalue weighted by atomic mass is 10.2. The van der Waals surface area contributed by atoms with Gasteiger partial charge in [0.25, 0.3) is 0 Å². The van der Waals surface area contributed by atoms with Gasteiger partial charge in [-0.1, -0.05) is 13.0 Å². The molecule has 0 spiro atoms. The molecule has 0 aliphatic rings. The van der Waals surface area contributed by atoms with Crippen molar-refractivity contribution < 1.29 is 13.5 Å². The van der Waals surface area contributed by atoms with Crippen molar-refractivity contribution in [3.8, 4) is 11.6 Å². The van der Waals surface area contributed by atoms with Gasteiger partial charge in [0, 0.05) is 36.5 Å². The van der Waals surface area contributed by atoms with E-state index in [9.17, 15) is 8.78 Å². The number of aromatic nitrogens is 1. The Morgan fingerprint density at radius 2 is 1.95 bits per heavy atom. The lowest BCUT2D eigenvalue weighted by Crippen LogP contribution is -2.14. The third kappa shape index (κ3) is 3.99. The van der Waals surface area contributed by atoms with Gasteiger partial charge < -0.3 is 10.1 Å². The Kier molecular flexibility index (Phi) is 5.01. The second kappa shape index (κ2) is 6.96. The summed E-state index contributed by atoms with van der Waals surface area (Å²) in [5.41, 5.74) is 0.839. The minimum absolute atomic E-state index is 0.0953. The minimum Gasteiger partial charge on any atom is -0.438 e. The Balaban J connectivity index is 2.15. The number of nitrogens with zero attached hydrogens (tertiary/aromatic N) is 1. The molecule has 0 saturated carbocycles. The van der Waals surface area contributed by atoms with E-state index in [-0.39, 0.29) is 5.75 Å². The number of pyridine rings is 1. The van der Waals surface area contributed by atoms with Crippen molar-refractivity contribution in [1.82, 2.24) is 10.3 Å². The molecule has 1 heterocycles. The molecule has 0 unspecified atom stereocenters. The molecule has 1 aromatic carbocycles. The Bertz CT molecular complexity index is 555. The van der Waals surface area contributed by atoms with Crippen LogP contribution in [0.3, 0.4) is 0 Å². The number of nitrogens with one attached hydrogen (secondary N) is 1. The van der Waals surface area contributed by atoms with Crippen LogP contribution in [-0.2, 0) is 6.54 Å². The van der Waals surface area contributed by atoms with Crippen molar-refractivity contribution in [2.45, 2.75) is 19.9 Å². The summed E-state index contributed by atoms with van der Waals surface area (Å²) in [4.78, 5) is 4.10. The molecule has 0 atom stereocenters. The van der Waals surface area contributed by atoms with Crippen LogP contribution in [0.15, 0.2) is 36.5 Å². The molecule has 2 aromatic rings. The van der Waals surface area contributed by atoms with Gasteiger partial charge in [-0.05, 0) is 19.0 Å². The van der Waals surface area contributed by atoms with E-state index in [1.807, 2.05) is 6.07 Å². The van der Waals surface area contributed by atoms with Gasteiger partial charge in [0.2, 0.25) is 5.88 Å². The lowest BCUT2D eigenvalue weighted by molar-refractivity contribution is 0.442. The summed E-state index contributed by atoms with van der Waals surface area (Å²) in [7, 11) is 0. The average molecular weight is 278 g/mol. The van der Waals surface area contributed by atoms with E-state index in [4.69, 9.17) is 4.74 Å². The standard InChI is InChI=1S/C15H16F2N2O/c1-2-5-18-10-11-4-3-6-19-15(11)20-14-8-12(16)7-13(17)9-14/h3-4,6-9,18H,2,5,10H2,1H3. The van der Waals surface area contributed by atoms with Crippen LogP contribution in [0.5, 0.6) is 11.6 Å². The van der Waals surface area contributed by atoms with Crippen molar-refractivity contribution >= 4 is 0 Å². The first-order chi connectivity index (χ1) is 9.69. The van der Waals surface area contributed by atoms with E-state index in [2.05, 4.69) is 17.2 Å². The molecule has 0 saturated heterocycles. The first-order valence-corrected chi connectivity index (χ1v) is 6.47. The van der Waals surface area contributed by atoms with Crippen LogP contribution < -0.4 is 10.1 Å². The monoisotopic (exact) mass is 278 g/mol. The summed E-state index contributed by atoms with van der Waals surface area (Å²) in [5, 5.41) is 3.23. The van der Waals surface area contributed by atoms with Crippen LogP contribution in [0.25, 0.3) is 0 Å². The molecule has 3 nitrogen and oxygen atoms in total. The quantitative estimate of drug-likeness (QED) is 0.819. The third-order valence-electron chi connectivity index (χ3n) is 2.64. The van der Waals surface area contributed by atoms with E-state index in [1.165, 1.54) is 0 Å². The van der Waals surface area contributed by atoms with Crippen molar-refractivity contribution in [3.05, 3.63) is 53.7 Å². The summed E-state index contributed by atoms with van der Waals surface area (Å²) in [6.07, 6.45) is 2.60. The zero-order valence-electron chi connectivity index (χ0n) is 11.2. The van der Waals surface area contributed by atoms with Gasteiger partial charge >= 0.3 is 0 Å². The summed E-state index contributed by atoms with van der Waals surface area (Å²) >= 11 is 0. The summed E-state index contributed by atoms with van der Waals surface area (Å²) < 4.78 is 31.7. The fourth-order valence-corrected chi connectivity index (χ4v) is 1.75. The van der Waals surface area contributed by atoms with Crippen LogP contribution in [-0.4, -0.2) is 11.5 Å². The normalized spacial score (nSPS) is 10.6. The first-order valence-electron chi connectivity index (χ1n) is 6.47. The molecule has 0 radical (unpaired) electrons. The smallest absolute Gasteiger partial charge is 0.223 e. The van der Waals surface area contributed by atoms with Crippen LogP contribution in [0.4, 0.5) is 8.78 Å². The molecular weight excluding hydrogens is 262 g/mol. The van der Waals surface area contributed by atoms with Crippen LogP contribution in [0.1, 0.15) is 18.9 Å². The Morgan fingerprint density at radius 1 is 1.20 bits per heavy atom. The van der Waals surface area contributed by atoms with Gasteiger partial charge in [-0.25, -0.2) is 13.8 Å². The van der Waals surface area contributed by atoms with E-state index in [0.717, 1.165) is 36.7 Å². The van der Waals surface area contributed by atoms with Gasteiger partial charge in [0.15, 0.2) is 0 Å². The molecule has 0 fully saturated rings. The zero-order valence-corrected chi connectivity index (χ0v) is 11.2. The Labute approximate surface area is 116 Å². The second-order valence-electron chi connectivity index (χ2n) is 4.35. The highest BCUT2D eigenvalue weighted by atomic mass is 19.1. The number of halogens is 2. The summed E-state index contributed by atoms with van der Waals surface area (Å²) in [6.45, 7) is 3.54. The van der Waals surface area contributed by atoms with Crippen molar-refractivity contribution in [1.29, 1.82) is 0 Å². The highest BCUT2D eigenvalue weighted by Gasteiger charge is 2.08. The molecule has 106 valence electrons. The van der Waals surface area contributed by atoms with Gasteiger partial charge in [0.1, 0.15) is 17.4 Å². The molecule has 1 N–H and O–H groups in total. The molecule has 1 aromatic heterocycles. The topological polar surface area (TPSA) is 34.2 Å². The SMILES string of the molecule is CCCNCc1cccnc1Oc1cc(F)cc(F)c1. The van der Waals surface area contributed by atoms with E-state index >= 15 is 0 Å². The molecule has 0 aliphatic heterocycles. The Hall–Kier alpha value is -2.01. The number of hydrogen-bond donors (Lipinski definition) is 1. The van der Waals surface area contributed by atoms with Gasteiger partial charge in [-0.15, -0.1) is 0 Å². The number of ether oxygens (including phenoxy) is 1. The molecule has 0 bridgehead atoms. The number of rotatable bonds is 6. The molecule has 20 heavy (non-hydrogen) atoms. The second-order valence-corrected chi connectivity index (χ2v) is 4.35. The predicted molar refractivity (Wildman–Crippen MR) is 72.7 cm³/mol. The first kappa shape index (κ1) is 14.4. The van der Waals surface area contributed by atoms with Crippen LogP contribution >= 0.6 is 0 Å². The largest absolute Gasteiger partial charge is 0.438 e. The van der Waals surface area contributed by atoms with Crippen molar-refractivity contribution in [3.63, 3.8) is 0 Å². The van der Waals surface area contributed by atoms with Gasteiger partial charge in [0.05, 0.1) is 0 Å². The molecule has 0 aliphatic carbocycles. The van der Waals surface area contributed by atoms with Gasteiger partial charge in [-0.3, -0.25) is 0 Å². The number of benzene rings is 1. The zero-order chi connectivity index (χ0) is 14.4. The number of hydrogen-bond acceptors (Lipinski definition) is 3. The highest BCUT2D eigenvalue weighted by molar-refractivity contribution is 5.32. The predicted octanol–water partition coefficient (Wildman–Crippen LogP) is 3.65. The molecular formula is C15H16F2N2O. The maximum Gasteiger partial charge on any atom is 0.223 e. The lowest BCUT2D eigenvalue weighted by Gasteiger charge is -2.10. The Morgan fingerprint density at radius 3 is 2.65 bits per heavy atom. The van der Waals surface area contributed by atoms with Crippen molar-refractivity contribution in [2.24, 2.45) is 0 Å². The van der Waals surface area contributed by atoms with Gasteiger partial charge in [-0.2, -0.15) is 0 Å². The summed E-state index contributed by atoms with van der Waals surface area (Å²) in [5.74, 6) is -0.915. The van der Waals surface area contributed by atoms with Crippen molar-refractivity contribution in [2.75, 3.05) is 6.54 Å². The van der Waals surface area contributed by atoms with E-state index in [1.54, 1.807) is 12.3 Å². The fraction of sp³-hybridized carbons (Fsp3) is 0.267. The maximum atomic E-state index is 13.1. The maximum absolute atomic E-state index is 13.1. The summed E-state index contributed by atoms with van der Waals surface area (Å²) in [6, 6.07) is 6.71. The van der Waals surface area contributed by atoms with Crippen LogP contribution in [0, 0.1) is 11.6 Å². The van der Waals surface area contributed by atoms with E-state index in [0.29, 0.717) is 12.4 Å². The minimum atomic E-state index is -0.679. The molecule has 0 amide bonds. The third-order valence-corrected chi connectivity index (χ3v) is 2.64. The molecule has 2 rings (SSSR count). The van der Waals surface area contributed by atoms with E-state index < -0.39 is 11.6 Å². The average Bonchev–Trinajstić information content (AvgIpc) is 2.40. The molecule has 5 heteroatoms. The van der Waals surface area contributed by atoms with Crippen LogP contribution in [0.2, 0.25) is 0 Å². The highest BCUT2D eigenvalue weighted by Crippen LogP contribution is 2.24.